The molecule has 26 heavy (non-hydrogen) atoms. The highest BCUT2D eigenvalue weighted by Gasteiger charge is 2.26. The summed E-state index contributed by atoms with van der Waals surface area (Å²) >= 11 is 0. The van der Waals surface area contributed by atoms with Crippen molar-refractivity contribution in [2.45, 2.75) is 40.5 Å². The fraction of sp³-hybridized carbons (Fsp3) is 0.409. The van der Waals surface area contributed by atoms with Crippen molar-refractivity contribution >= 4 is 5.97 Å². The highest BCUT2D eigenvalue weighted by molar-refractivity contribution is 5.77. The van der Waals surface area contributed by atoms with Gasteiger partial charge in [0.05, 0.1) is 19.1 Å². The van der Waals surface area contributed by atoms with Crippen LogP contribution in [-0.4, -0.2) is 24.8 Å². The van der Waals surface area contributed by atoms with Gasteiger partial charge in [0.25, 0.3) is 0 Å². The quantitative estimate of drug-likeness (QED) is 0.656. The van der Waals surface area contributed by atoms with Crippen LogP contribution in [-0.2, 0) is 4.79 Å². The number of hydrogen-bond acceptors (Lipinski definition) is 3. The first-order valence-corrected chi connectivity index (χ1v) is 8.87. The van der Waals surface area contributed by atoms with Crippen molar-refractivity contribution in [3.63, 3.8) is 0 Å². The van der Waals surface area contributed by atoms with Crippen molar-refractivity contribution in [2.24, 2.45) is 5.41 Å². The van der Waals surface area contributed by atoms with E-state index in [1.54, 1.807) is 21.0 Å². The van der Waals surface area contributed by atoms with Crippen molar-refractivity contribution in [1.82, 2.24) is 0 Å². The first-order valence-electron chi connectivity index (χ1n) is 8.87. The largest absolute Gasteiger partial charge is 0.496 e. The van der Waals surface area contributed by atoms with Crippen LogP contribution >= 0.6 is 0 Å². The predicted octanol–water partition coefficient (Wildman–Crippen LogP) is 5.25. The summed E-state index contributed by atoms with van der Waals surface area (Å²) in [5.74, 6) is 0.822. The van der Waals surface area contributed by atoms with Crippen LogP contribution in [0, 0.1) is 19.3 Å². The van der Waals surface area contributed by atoms with Crippen molar-refractivity contribution < 1.29 is 19.4 Å². The molecule has 2 rings (SSSR count). The molecule has 140 valence electrons. The monoisotopic (exact) mass is 356 g/mol. The van der Waals surface area contributed by atoms with E-state index in [-0.39, 0.29) is 0 Å². The lowest BCUT2D eigenvalue weighted by Gasteiger charge is -2.20. The second-order valence-electron chi connectivity index (χ2n) is 7.23. The Balaban J connectivity index is 2.19. The van der Waals surface area contributed by atoms with Crippen LogP contribution in [0.25, 0.3) is 11.1 Å². The number of methoxy groups -OCH3 is 1. The number of rotatable bonds is 8. The van der Waals surface area contributed by atoms with Gasteiger partial charge < -0.3 is 14.6 Å². The van der Waals surface area contributed by atoms with Gasteiger partial charge in [0.15, 0.2) is 0 Å². The first-order chi connectivity index (χ1) is 12.3. The molecule has 0 unspecified atom stereocenters. The molecule has 0 saturated carbocycles. The average molecular weight is 356 g/mol. The Hall–Kier alpha value is -2.49. The lowest BCUT2D eigenvalue weighted by atomic mass is 9.88. The molecule has 0 aliphatic carbocycles. The second kappa shape index (κ2) is 8.26. The predicted molar refractivity (Wildman–Crippen MR) is 104 cm³/mol. The van der Waals surface area contributed by atoms with Crippen molar-refractivity contribution in [3.8, 4) is 22.6 Å². The highest BCUT2D eigenvalue weighted by Crippen LogP contribution is 2.40. The van der Waals surface area contributed by atoms with Crippen LogP contribution in [0.2, 0.25) is 0 Å². The maximum absolute atomic E-state index is 11.2. The Morgan fingerprint density at radius 1 is 1.15 bits per heavy atom. The van der Waals surface area contributed by atoms with E-state index in [9.17, 15) is 9.90 Å². The summed E-state index contributed by atoms with van der Waals surface area (Å²) in [6.07, 6.45) is 1.25. The summed E-state index contributed by atoms with van der Waals surface area (Å²) in [4.78, 5) is 11.2. The summed E-state index contributed by atoms with van der Waals surface area (Å²) in [5.41, 5.74) is 3.49. The third-order valence-corrected chi connectivity index (χ3v) is 4.73. The zero-order chi connectivity index (χ0) is 19.3. The van der Waals surface area contributed by atoms with E-state index in [0.29, 0.717) is 19.4 Å². The van der Waals surface area contributed by atoms with E-state index in [1.807, 2.05) is 38.1 Å². The van der Waals surface area contributed by atoms with E-state index in [0.717, 1.165) is 33.8 Å². The Bertz CT molecular complexity index is 763. The van der Waals surface area contributed by atoms with Crippen LogP contribution in [0.3, 0.4) is 0 Å². The van der Waals surface area contributed by atoms with Crippen LogP contribution in [0.1, 0.15) is 37.8 Å². The molecule has 0 aliphatic rings. The van der Waals surface area contributed by atoms with E-state index in [4.69, 9.17) is 9.47 Å². The number of aliphatic carboxylic acids is 1. The van der Waals surface area contributed by atoms with Gasteiger partial charge in [0.1, 0.15) is 11.5 Å². The smallest absolute Gasteiger partial charge is 0.309 e. The molecule has 0 amide bonds. The number of ether oxygens (including phenoxy) is 2. The number of carboxylic acid groups (broad SMARTS) is 1. The standard InChI is InChI=1S/C22H28O4/c1-15-14-18(26-13-9-12-22(3,4)21(23)24)16(2)20(25-5)19(15)17-10-7-6-8-11-17/h6-8,10-11,14H,9,12-13H2,1-5H3,(H,23,24). The minimum atomic E-state index is -0.779. The molecule has 2 aromatic carbocycles. The molecule has 0 heterocycles. The van der Waals surface area contributed by atoms with Gasteiger partial charge in [-0.15, -0.1) is 0 Å². The Labute approximate surface area is 155 Å². The van der Waals surface area contributed by atoms with Crippen LogP contribution in [0.5, 0.6) is 11.5 Å². The normalized spacial score (nSPS) is 11.3. The Kier molecular flexibility index (Phi) is 6.30. The SMILES string of the molecule is COc1c(C)c(OCCCC(C)(C)C(=O)O)cc(C)c1-c1ccccc1. The third-order valence-electron chi connectivity index (χ3n) is 4.73. The van der Waals surface area contributed by atoms with Crippen molar-refractivity contribution in [1.29, 1.82) is 0 Å². The molecule has 0 fully saturated rings. The molecule has 0 aromatic heterocycles. The van der Waals surface area contributed by atoms with Crippen LogP contribution in [0.4, 0.5) is 0 Å². The fourth-order valence-corrected chi connectivity index (χ4v) is 3.03. The average Bonchev–Trinajstić information content (AvgIpc) is 2.61. The van der Waals surface area contributed by atoms with Crippen molar-refractivity contribution in [2.75, 3.05) is 13.7 Å². The topological polar surface area (TPSA) is 55.8 Å². The molecule has 4 heteroatoms. The molecule has 0 saturated heterocycles. The lowest BCUT2D eigenvalue weighted by Crippen LogP contribution is -2.24. The highest BCUT2D eigenvalue weighted by atomic mass is 16.5. The van der Waals surface area contributed by atoms with Crippen LogP contribution < -0.4 is 9.47 Å². The fourth-order valence-electron chi connectivity index (χ4n) is 3.03. The maximum atomic E-state index is 11.2. The maximum Gasteiger partial charge on any atom is 0.309 e. The minimum absolute atomic E-state index is 0.477. The molecule has 0 spiro atoms. The molecule has 1 N–H and O–H groups in total. The van der Waals surface area contributed by atoms with Gasteiger partial charge in [-0.3, -0.25) is 4.79 Å². The number of carboxylic acids is 1. The van der Waals surface area contributed by atoms with Crippen LogP contribution in [0.15, 0.2) is 36.4 Å². The molecular weight excluding hydrogens is 328 g/mol. The molecule has 0 aliphatic heterocycles. The number of hydrogen-bond donors (Lipinski definition) is 1. The van der Waals surface area contributed by atoms with Gasteiger partial charge in [0.2, 0.25) is 0 Å². The summed E-state index contributed by atoms with van der Waals surface area (Å²) in [5, 5.41) is 9.19. The minimum Gasteiger partial charge on any atom is -0.496 e. The van der Waals surface area contributed by atoms with Gasteiger partial charge in [-0.25, -0.2) is 0 Å². The van der Waals surface area contributed by atoms with Gasteiger partial charge in [-0.2, -0.15) is 0 Å². The summed E-state index contributed by atoms with van der Waals surface area (Å²) in [6.45, 7) is 7.99. The van der Waals surface area contributed by atoms with E-state index in [2.05, 4.69) is 12.1 Å². The molecule has 0 atom stereocenters. The van der Waals surface area contributed by atoms with Gasteiger partial charge in [0, 0.05) is 11.1 Å². The molecule has 4 nitrogen and oxygen atoms in total. The summed E-state index contributed by atoms with van der Waals surface area (Å²) in [6, 6.07) is 12.2. The molecule has 0 bridgehead atoms. The van der Waals surface area contributed by atoms with Gasteiger partial charge in [-0.05, 0) is 57.7 Å². The second-order valence-corrected chi connectivity index (χ2v) is 7.23. The van der Waals surface area contributed by atoms with Gasteiger partial charge >= 0.3 is 5.97 Å². The van der Waals surface area contributed by atoms with E-state index in [1.165, 1.54) is 0 Å². The first kappa shape index (κ1) is 19.8. The summed E-state index contributed by atoms with van der Waals surface area (Å²) < 4.78 is 11.6. The molecule has 2 aromatic rings. The van der Waals surface area contributed by atoms with Gasteiger partial charge in [-0.1, -0.05) is 30.3 Å². The zero-order valence-corrected chi connectivity index (χ0v) is 16.3. The third kappa shape index (κ3) is 4.37. The number of benzene rings is 2. The Morgan fingerprint density at radius 2 is 1.81 bits per heavy atom. The van der Waals surface area contributed by atoms with Crippen molar-refractivity contribution in [3.05, 3.63) is 47.5 Å². The number of aryl methyl sites for hydroxylation is 1. The van der Waals surface area contributed by atoms with E-state index < -0.39 is 11.4 Å². The Morgan fingerprint density at radius 3 is 2.38 bits per heavy atom. The lowest BCUT2D eigenvalue weighted by molar-refractivity contribution is -0.147. The zero-order valence-electron chi connectivity index (χ0n) is 16.3. The molecular formula is C22H28O4. The summed E-state index contributed by atoms with van der Waals surface area (Å²) in [7, 11) is 1.67. The molecule has 0 radical (unpaired) electrons. The van der Waals surface area contributed by atoms with E-state index >= 15 is 0 Å². The number of carbonyl (C=O) groups is 1.